The van der Waals surface area contributed by atoms with Gasteiger partial charge in [-0.1, -0.05) is 6.08 Å². The second kappa shape index (κ2) is 5.57. The summed E-state index contributed by atoms with van der Waals surface area (Å²) in [5, 5.41) is 0. The van der Waals surface area contributed by atoms with Gasteiger partial charge in [-0.05, 0) is 14.0 Å². The quantitative estimate of drug-likeness (QED) is 0.412. The van der Waals surface area contributed by atoms with Crippen LogP contribution in [0, 0.1) is 0 Å². The highest BCUT2D eigenvalue weighted by Crippen LogP contribution is 2.05. The number of rotatable bonds is 4. The van der Waals surface area contributed by atoms with Crippen LogP contribution in [0.25, 0.3) is 0 Å². The zero-order valence-electron chi connectivity index (χ0n) is 8.79. The molecule has 1 aliphatic heterocycles. The highest BCUT2D eigenvalue weighted by atomic mass is 16.6. The predicted molar refractivity (Wildman–Crippen MR) is 58.0 cm³/mol. The Labute approximate surface area is 84.9 Å². The summed E-state index contributed by atoms with van der Waals surface area (Å²) in [5.74, 6) is 0. The number of nitrogens with zero attached hydrogens (tertiary/aromatic N) is 2. The molecular weight excluding hydrogens is 178 g/mol. The molecule has 0 spiro atoms. The minimum absolute atomic E-state index is 0.498. The molecule has 0 aliphatic carbocycles. The Morgan fingerprint density at radius 3 is 3.29 bits per heavy atom. The zero-order chi connectivity index (χ0) is 10.4. The lowest BCUT2D eigenvalue weighted by Gasteiger charge is -2.20. The topological polar surface area (TPSA) is 36.9 Å². The van der Waals surface area contributed by atoms with E-state index in [2.05, 4.69) is 22.0 Å². The van der Waals surface area contributed by atoms with Crippen molar-refractivity contribution in [1.29, 1.82) is 0 Å². The maximum absolute atomic E-state index is 5.13. The van der Waals surface area contributed by atoms with Crippen molar-refractivity contribution in [3.05, 3.63) is 23.9 Å². The fourth-order valence-corrected chi connectivity index (χ4v) is 1.16. The van der Waals surface area contributed by atoms with Crippen molar-refractivity contribution in [2.24, 2.45) is 4.99 Å². The predicted octanol–water partition coefficient (Wildman–Crippen LogP) is 0.941. The zero-order valence-corrected chi connectivity index (χ0v) is 8.79. The van der Waals surface area contributed by atoms with E-state index in [9.17, 15) is 0 Å². The van der Waals surface area contributed by atoms with Crippen molar-refractivity contribution in [2.75, 3.05) is 26.9 Å². The fraction of sp³-hybridized carbons (Fsp3) is 0.500. The molecule has 14 heavy (non-hydrogen) atoms. The van der Waals surface area contributed by atoms with E-state index < -0.39 is 0 Å². The number of allylic oxidation sites excluding steroid dienone is 1. The molecule has 0 aromatic carbocycles. The van der Waals surface area contributed by atoms with Gasteiger partial charge in [-0.25, -0.2) is 0 Å². The third kappa shape index (κ3) is 3.32. The third-order valence-electron chi connectivity index (χ3n) is 1.92. The molecule has 4 nitrogen and oxygen atoms in total. The van der Waals surface area contributed by atoms with Crippen LogP contribution in [0.2, 0.25) is 0 Å². The lowest BCUT2D eigenvalue weighted by Crippen LogP contribution is -2.28. The summed E-state index contributed by atoms with van der Waals surface area (Å²) in [4.78, 5) is 11.5. The summed E-state index contributed by atoms with van der Waals surface area (Å²) in [6.45, 7) is 7.71. The van der Waals surface area contributed by atoms with Gasteiger partial charge >= 0.3 is 0 Å². The average molecular weight is 195 g/mol. The summed E-state index contributed by atoms with van der Waals surface area (Å²) in [6.07, 6.45) is 3.59. The van der Waals surface area contributed by atoms with Gasteiger partial charge in [-0.15, -0.1) is 6.58 Å². The normalized spacial score (nSPS) is 20.7. The Morgan fingerprint density at radius 1 is 1.86 bits per heavy atom. The standard InChI is InChI=1S/C10H17N3O/c1-4-5-14-12-9(2)10-6-11-8-13(3)7-10/h4,6,12H,1,5,7-8H2,2-3H3/b10-9-. The van der Waals surface area contributed by atoms with E-state index in [0.29, 0.717) is 6.61 Å². The third-order valence-corrected chi connectivity index (χ3v) is 1.92. The minimum atomic E-state index is 0.498. The van der Waals surface area contributed by atoms with E-state index in [1.54, 1.807) is 6.08 Å². The number of nitrogens with one attached hydrogen (secondary N) is 1. The Bertz CT molecular complexity index is 258. The van der Waals surface area contributed by atoms with Crippen molar-refractivity contribution in [3.63, 3.8) is 0 Å². The number of hydroxylamine groups is 1. The van der Waals surface area contributed by atoms with Gasteiger partial charge in [0.25, 0.3) is 0 Å². The van der Waals surface area contributed by atoms with Crippen molar-refractivity contribution < 1.29 is 4.84 Å². The number of aliphatic imine (C=N–C) groups is 1. The smallest absolute Gasteiger partial charge is 0.0924 e. The minimum Gasteiger partial charge on any atom is -0.283 e. The molecule has 0 amide bonds. The van der Waals surface area contributed by atoms with E-state index in [4.69, 9.17) is 4.84 Å². The highest BCUT2D eigenvalue weighted by molar-refractivity contribution is 5.80. The molecule has 0 bridgehead atoms. The van der Waals surface area contributed by atoms with Crippen molar-refractivity contribution in [1.82, 2.24) is 10.4 Å². The lowest BCUT2D eigenvalue weighted by atomic mass is 10.2. The number of hydrogen-bond acceptors (Lipinski definition) is 4. The second-order valence-electron chi connectivity index (χ2n) is 3.32. The van der Waals surface area contributed by atoms with Gasteiger partial charge in [0.15, 0.2) is 0 Å². The van der Waals surface area contributed by atoms with Gasteiger partial charge in [0.2, 0.25) is 0 Å². The molecule has 0 fully saturated rings. The SMILES string of the molecule is C=CCON/C(C)=C1/C=NCN(C)C1. The molecule has 4 heteroatoms. The molecule has 0 aromatic heterocycles. The molecule has 0 saturated heterocycles. The average Bonchev–Trinajstić information content (AvgIpc) is 2.18. The Morgan fingerprint density at radius 2 is 2.64 bits per heavy atom. The molecule has 0 aromatic rings. The van der Waals surface area contributed by atoms with Gasteiger partial charge < -0.3 is 0 Å². The molecule has 1 rings (SSSR count). The summed E-state index contributed by atoms with van der Waals surface area (Å²) < 4.78 is 0. The van der Waals surface area contributed by atoms with Crippen LogP contribution in [0.15, 0.2) is 28.9 Å². The number of likely N-dealkylation sites (N-methyl/N-ethyl adjacent to an activating group) is 1. The fourth-order valence-electron chi connectivity index (χ4n) is 1.16. The van der Waals surface area contributed by atoms with E-state index in [1.807, 2.05) is 20.2 Å². The van der Waals surface area contributed by atoms with Crippen LogP contribution in [-0.2, 0) is 4.84 Å². The van der Waals surface area contributed by atoms with Crippen LogP contribution in [0.4, 0.5) is 0 Å². The van der Waals surface area contributed by atoms with Gasteiger partial charge in [0, 0.05) is 24.0 Å². The van der Waals surface area contributed by atoms with E-state index >= 15 is 0 Å². The van der Waals surface area contributed by atoms with Crippen LogP contribution >= 0.6 is 0 Å². The first-order valence-corrected chi connectivity index (χ1v) is 4.61. The summed E-state index contributed by atoms with van der Waals surface area (Å²) in [5.41, 5.74) is 5.02. The molecule has 0 saturated carbocycles. The second-order valence-corrected chi connectivity index (χ2v) is 3.32. The molecule has 0 radical (unpaired) electrons. The first-order valence-electron chi connectivity index (χ1n) is 4.61. The first kappa shape index (κ1) is 10.9. The molecule has 0 atom stereocenters. The summed E-state index contributed by atoms with van der Waals surface area (Å²) in [7, 11) is 2.04. The van der Waals surface area contributed by atoms with Crippen molar-refractivity contribution in [2.45, 2.75) is 6.92 Å². The maximum Gasteiger partial charge on any atom is 0.0924 e. The van der Waals surface area contributed by atoms with Crippen LogP contribution in [0.3, 0.4) is 0 Å². The number of hydrogen-bond donors (Lipinski definition) is 1. The van der Waals surface area contributed by atoms with Gasteiger partial charge in [0.05, 0.1) is 13.3 Å². The highest BCUT2D eigenvalue weighted by Gasteiger charge is 2.08. The molecule has 1 heterocycles. The Kier molecular flexibility index (Phi) is 4.35. The molecule has 1 N–H and O–H groups in total. The van der Waals surface area contributed by atoms with Gasteiger partial charge in [-0.3, -0.25) is 20.2 Å². The summed E-state index contributed by atoms with van der Waals surface area (Å²) in [6, 6.07) is 0. The Hall–Kier alpha value is -1.13. The van der Waals surface area contributed by atoms with E-state index in [-0.39, 0.29) is 0 Å². The van der Waals surface area contributed by atoms with Gasteiger partial charge in [0.1, 0.15) is 0 Å². The summed E-state index contributed by atoms with van der Waals surface area (Å²) >= 11 is 0. The molecule has 1 aliphatic rings. The van der Waals surface area contributed by atoms with Crippen LogP contribution < -0.4 is 5.48 Å². The van der Waals surface area contributed by atoms with Gasteiger partial charge in [-0.2, -0.15) is 0 Å². The molecule has 78 valence electrons. The molecular formula is C10H17N3O. The van der Waals surface area contributed by atoms with Crippen LogP contribution in [0.5, 0.6) is 0 Å². The molecule has 0 unspecified atom stereocenters. The first-order chi connectivity index (χ1) is 6.74. The van der Waals surface area contributed by atoms with Crippen molar-refractivity contribution >= 4 is 6.21 Å². The lowest BCUT2D eigenvalue weighted by molar-refractivity contribution is 0.0855. The van der Waals surface area contributed by atoms with Crippen molar-refractivity contribution in [3.8, 4) is 0 Å². The monoisotopic (exact) mass is 195 g/mol. The van der Waals surface area contributed by atoms with Crippen LogP contribution in [0.1, 0.15) is 6.92 Å². The largest absolute Gasteiger partial charge is 0.283 e. The Balaban J connectivity index is 2.49. The van der Waals surface area contributed by atoms with E-state index in [0.717, 1.165) is 24.5 Å². The maximum atomic E-state index is 5.13. The van der Waals surface area contributed by atoms with E-state index in [1.165, 1.54) is 0 Å². The van der Waals surface area contributed by atoms with Crippen LogP contribution in [-0.4, -0.2) is 38.0 Å².